The smallest absolute Gasteiger partial charge is 0.407 e. The molecule has 0 radical (unpaired) electrons. The average Bonchev–Trinajstić information content (AvgIpc) is 2.47. The van der Waals surface area contributed by atoms with E-state index in [1.807, 2.05) is 0 Å². The summed E-state index contributed by atoms with van der Waals surface area (Å²) in [5.74, 6) is 0. The number of hydrogen-bond donors (Lipinski definition) is 2. The van der Waals surface area contributed by atoms with Gasteiger partial charge in [-0.1, -0.05) is 5.11 Å². The van der Waals surface area contributed by atoms with Crippen molar-refractivity contribution in [2.75, 3.05) is 0 Å². The Hall–Kier alpha value is -1.46. The molecular formula is C10H18N4O3. The maximum absolute atomic E-state index is 11.5. The van der Waals surface area contributed by atoms with Crippen molar-refractivity contribution >= 4 is 6.09 Å². The number of hydrogen-bond acceptors (Lipinski definition) is 4. The van der Waals surface area contributed by atoms with Gasteiger partial charge in [0.2, 0.25) is 0 Å². The summed E-state index contributed by atoms with van der Waals surface area (Å²) in [7, 11) is 0. The highest BCUT2D eigenvalue weighted by Gasteiger charge is 2.35. The molecule has 3 atom stereocenters. The summed E-state index contributed by atoms with van der Waals surface area (Å²) in [4.78, 5) is 14.1. The number of carbonyl (C=O) groups excluding carboxylic acids is 1. The van der Waals surface area contributed by atoms with Crippen LogP contribution in [0.15, 0.2) is 5.11 Å². The summed E-state index contributed by atoms with van der Waals surface area (Å²) in [5, 5.41) is 15.8. The van der Waals surface area contributed by atoms with Crippen LogP contribution in [0.1, 0.15) is 33.6 Å². The molecule has 2 N–H and O–H groups in total. The van der Waals surface area contributed by atoms with Gasteiger partial charge in [0, 0.05) is 4.91 Å². The standard InChI is InChI=1S/C10H18N4O3/c1-10(2,3)17-9(16)12-6-4-5-7(8(6)15)13-14-11/h6-8,15H,4-5H2,1-3H3,(H,12,16)/t6-,7?,8-/m0/s1. The van der Waals surface area contributed by atoms with Gasteiger partial charge in [-0.15, -0.1) is 0 Å². The van der Waals surface area contributed by atoms with E-state index in [9.17, 15) is 9.90 Å². The fourth-order valence-electron chi connectivity index (χ4n) is 1.77. The molecule has 0 aromatic rings. The van der Waals surface area contributed by atoms with Crippen LogP contribution in [0.25, 0.3) is 10.4 Å². The summed E-state index contributed by atoms with van der Waals surface area (Å²) in [5.41, 5.74) is 7.73. The van der Waals surface area contributed by atoms with Crippen LogP contribution in [-0.2, 0) is 4.74 Å². The van der Waals surface area contributed by atoms with E-state index in [4.69, 9.17) is 10.3 Å². The van der Waals surface area contributed by atoms with Crippen LogP contribution in [0.5, 0.6) is 0 Å². The maximum atomic E-state index is 11.5. The SMILES string of the molecule is CC(C)(C)OC(=O)N[C@H]1CCC(N=[N+]=[N-])[C@H]1O. The van der Waals surface area contributed by atoms with Gasteiger partial charge in [-0.3, -0.25) is 0 Å². The number of aliphatic hydroxyl groups is 1. The molecule has 1 aliphatic carbocycles. The van der Waals surface area contributed by atoms with Crippen LogP contribution in [-0.4, -0.2) is 35.0 Å². The van der Waals surface area contributed by atoms with Crippen molar-refractivity contribution in [2.45, 2.75) is 57.4 Å². The highest BCUT2D eigenvalue weighted by molar-refractivity contribution is 5.68. The minimum absolute atomic E-state index is 0.416. The van der Waals surface area contributed by atoms with Gasteiger partial charge in [0.1, 0.15) is 5.60 Å². The number of carbonyl (C=O) groups is 1. The Bertz CT molecular complexity index is 333. The molecule has 1 amide bonds. The van der Waals surface area contributed by atoms with E-state index >= 15 is 0 Å². The molecule has 7 heteroatoms. The van der Waals surface area contributed by atoms with Gasteiger partial charge in [-0.25, -0.2) is 4.79 Å². The van der Waals surface area contributed by atoms with Crippen LogP contribution in [0, 0.1) is 0 Å². The molecule has 1 saturated carbocycles. The molecule has 1 rings (SSSR count). The Kier molecular flexibility index (Phi) is 4.20. The molecule has 1 aliphatic rings. The number of alkyl carbamates (subject to hydrolysis) is 1. The van der Waals surface area contributed by atoms with Crippen molar-refractivity contribution < 1.29 is 14.6 Å². The number of amides is 1. The Morgan fingerprint density at radius 3 is 2.71 bits per heavy atom. The fraction of sp³-hybridized carbons (Fsp3) is 0.900. The molecule has 0 aromatic carbocycles. The first-order valence-corrected chi connectivity index (χ1v) is 5.55. The van der Waals surface area contributed by atoms with Crippen LogP contribution in [0.4, 0.5) is 4.79 Å². The summed E-state index contributed by atoms with van der Waals surface area (Å²) in [6.45, 7) is 5.29. The average molecular weight is 242 g/mol. The summed E-state index contributed by atoms with van der Waals surface area (Å²) in [6, 6.07) is -0.889. The van der Waals surface area contributed by atoms with Gasteiger partial charge in [-0.2, -0.15) is 0 Å². The van der Waals surface area contributed by atoms with Gasteiger partial charge >= 0.3 is 6.09 Å². The van der Waals surface area contributed by atoms with Crippen molar-refractivity contribution in [2.24, 2.45) is 5.11 Å². The summed E-state index contributed by atoms with van der Waals surface area (Å²) < 4.78 is 5.08. The summed E-state index contributed by atoms with van der Waals surface area (Å²) in [6.07, 6.45) is -0.281. The van der Waals surface area contributed by atoms with Crippen LogP contribution in [0.3, 0.4) is 0 Å². The molecule has 0 bridgehead atoms. The van der Waals surface area contributed by atoms with E-state index in [0.717, 1.165) is 0 Å². The predicted octanol–water partition coefficient (Wildman–Crippen LogP) is 1.71. The van der Waals surface area contributed by atoms with Crippen molar-refractivity contribution in [3.05, 3.63) is 10.4 Å². The maximum Gasteiger partial charge on any atom is 0.407 e. The molecule has 0 aliphatic heterocycles. The zero-order valence-corrected chi connectivity index (χ0v) is 10.3. The van der Waals surface area contributed by atoms with Crippen LogP contribution >= 0.6 is 0 Å². The molecule has 1 fully saturated rings. The number of nitrogens with zero attached hydrogens (tertiary/aromatic N) is 3. The number of azide groups is 1. The predicted molar refractivity (Wildman–Crippen MR) is 61.3 cm³/mol. The van der Waals surface area contributed by atoms with Gasteiger partial charge in [0.25, 0.3) is 0 Å². The van der Waals surface area contributed by atoms with E-state index in [-0.39, 0.29) is 0 Å². The van der Waals surface area contributed by atoms with E-state index in [1.54, 1.807) is 20.8 Å². The van der Waals surface area contributed by atoms with Gasteiger partial charge < -0.3 is 15.2 Å². The summed E-state index contributed by atoms with van der Waals surface area (Å²) >= 11 is 0. The quantitative estimate of drug-likeness (QED) is 0.437. The van der Waals surface area contributed by atoms with Crippen molar-refractivity contribution in [1.82, 2.24) is 5.32 Å². The third-order valence-electron chi connectivity index (χ3n) is 2.48. The van der Waals surface area contributed by atoms with Crippen LogP contribution in [0.2, 0.25) is 0 Å². The lowest BCUT2D eigenvalue weighted by Gasteiger charge is -2.23. The molecular weight excluding hydrogens is 224 g/mol. The third kappa shape index (κ3) is 4.13. The Morgan fingerprint density at radius 1 is 1.53 bits per heavy atom. The number of ether oxygens (including phenoxy) is 1. The largest absolute Gasteiger partial charge is 0.444 e. The highest BCUT2D eigenvalue weighted by Crippen LogP contribution is 2.23. The number of nitrogens with one attached hydrogen (secondary N) is 1. The molecule has 0 spiro atoms. The van der Waals surface area contributed by atoms with E-state index in [0.29, 0.717) is 12.8 Å². The first kappa shape index (κ1) is 13.6. The van der Waals surface area contributed by atoms with Gasteiger partial charge in [0.15, 0.2) is 0 Å². The molecule has 7 nitrogen and oxygen atoms in total. The Balaban J connectivity index is 2.48. The normalized spacial score (nSPS) is 28.4. The Labute approximate surface area is 99.8 Å². The highest BCUT2D eigenvalue weighted by atomic mass is 16.6. The zero-order chi connectivity index (χ0) is 13.1. The second-order valence-electron chi connectivity index (χ2n) is 5.09. The van der Waals surface area contributed by atoms with E-state index in [1.165, 1.54) is 0 Å². The van der Waals surface area contributed by atoms with Gasteiger partial charge in [0.05, 0.1) is 18.2 Å². The third-order valence-corrected chi connectivity index (χ3v) is 2.48. The molecule has 96 valence electrons. The first-order valence-electron chi connectivity index (χ1n) is 5.55. The second kappa shape index (κ2) is 5.25. The molecule has 0 heterocycles. The lowest BCUT2D eigenvalue weighted by Crippen LogP contribution is -2.44. The number of aliphatic hydroxyl groups excluding tert-OH is 1. The van der Waals surface area contributed by atoms with E-state index in [2.05, 4.69) is 15.3 Å². The van der Waals surface area contributed by atoms with Crippen molar-refractivity contribution in [1.29, 1.82) is 0 Å². The van der Waals surface area contributed by atoms with E-state index < -0.39 is 29.9 Å². The minimum atomic E-state index is -0.849. The van der Waals surface area contributed by atoms with Crippen molar-refractivity contribution in [3.63, 3.8) is 0 Å². The fourth-order valence-corrected chi connectivity index (χ4v) is 1.77. The number of rotatable bonds is 2. The minimum Gasteiger partial charge on any atom is -0.444 e. The second-order valence-corrected chi connectivity index (χ2v) is 5.09. The van der Waals surface area contributed by atoms with Gasteiger partial charge in [-0.05, 0) is 39.1 Å². The topological polar surface area (TPSA) is 107 Å². The molecule has 0 aromatic heterocycles. The lowest BCUT2D eigenvalue weighted by molar-refractivity contribution is 0.0442. The van der Waals surface area contributed by atoms with Crippen molar-refractivity contribution in [3.8, 4) is 0 Å². The first-order chi connectivity index (χ1) is 7.83. The molecule has 0 saturated heterocycles. The molecule has 17 heavy (non-hydrogen) atoms. The monoisotopic (exact) mass is 242 g/mol. The zero-order valence-electron chi connectivity index (χ0n) is 10.3. The molecule has 1 unspecified atom stereocenters. The lowest BCUT2D eigenvalue weighted by atomic mass is 10.2. The van der Waals surface area contributed by atoms with Crippen LogP contribution < -0.4 is 5.32 Å². The Morgan fingerprint density at radius 2 is 2.18 bits per heavy atom.